The van der Waals surface area contributed by atoms with Crippen LogP contribution in [0.15, 0.2) is 12.3 Å². The van der Waals surface area contributed by atoms with Gasteiger partial charge in [-0.3, -0.25) is 4.72 Å². The number of carbonyl (C=O) groups is 1. The highest BCUT2D eigenvalue weighted by molar-refractivity contribution is 7.92. The molecule has 9 heteroatoms. The summed E-state index contributed by atoms with van der Waals surface area (Å²) in [5.74, 6) is 0.154. The average molecular weight is 327 g/mol. The maximum atomic E-state index is 12.4. The highest BCUT2D eigenvalue weighted by Crippen LogP contribution is 2.30. The van der Waals surface area contributed by atoms with Crippen LogP contribution in [0.4, 0.5) is 10.6 Å². The quantitative estimate of drug-likeness (QED) is 0.822. The summed E-state index contributed by atoms with van der Waals surface area (Å²) in [6, 6.07) is 1.26. The van der Waals surface area contributed by atoms with Crippen molar-refractivity contribution in [2.45, 2.75) is 31.2 Å². The first kappa shape index (κ1) is 15.3. The van der Waals surface area contributed by atoms with E-state index in [4.69, 9.17) is 0 Å². The number of rotatable bonds is 2. The highest BCUT2D eigenvalue weighted by Gasteiger charge is 2.38. The number of hydrogen-bond acceptors (Lipinski definition) is 5. The topological polar surface area (TPSA) is 96.3 Å². The second-order valence-electron chi connectivity index (χ2n) is 6.10. The molecule has 0 atom stereocenters. The van der Waals surface area contributed by atoms with E-state index in [0.29, 0.717) is 13.1 Å². The lowest BCUT2D eigenvalue weighted by molar-refractivity contribution is 0.150. The van der Waals surface area contributed by atoms with Crippen LogP contribution in [0.5, 0.6) is 0 Å². The molecule has 1 amide bonds. The smallest absolute Gasteiger partial charge is 0.323 e. The van der Waals surface area contributed by atoms with Crippen LogP contribution in [0.3, 0.4) is 0 Å². The van der Waals surface area contributed by atoms with Crippen molar-refractivity contribution in [3.63, 3.8) is 0 Å². The molecule has 1 spiro atoms. The molecule has 1 aromatic heterocycles. The van der Waals surface area contributed by atoms with Gasteiger partial charge in [0.1, 0.15) is 0 Å². The Labute approximate surface area is 129 Å². The standard InChI is InChI=1S/C13H21N5O3S/c1-22(20,21)16-11-3-8-18(15-11)12(19)17-9-5-13(6-10-17)4-2-7-14-13/h3,8,14H,2,4-7,9-10H2,1H3,(H,15,16). The minimum absolute atomic E-state index is 0.154. The van der Waals surface area contributed by atoms with Gasteiger partial charge in [0.25, 0.3) is 0 Å². The van der Waals surface area contributed by atoms with Gasteiger partial charge in [0, 0.05) is 30.9 Å². The lowest BCUT2D eigenvalue weighted by atomic mass is 9.86. The van der Waals surface area contributed by atoms with Crippen molar-refractivity contribution in [3.8, 4) is 0 Å². The molecule has 2 saturated heterocycles. The second-order valence-corrected chi connectivity index (χ2v) is 7.85. The van der Waals surface area contributed by atoms with E-state index in [0.717, 1.165) is 25.6 Å². The number of sulfonamides is 1. The molecule has 22 heavy (non-hydrogen) atoms. The Morgan fingerprint density at radius 1 is 1.36 bits per heavy atom. The minimum atomic E-state index is -3.39. The largest absolute Gasteiger partial charge is 0.344 e. The van der Waals surface area contributed by atoms with Gasteiger partial charge in [-0.25, -0.2) is 13.2 Å². The van der Waals surface area contributed by atoms with E-state index in [1.807, 2.05) is 0 Å². The number of hydrogen-bond donors (Lipinski definition) is 2. The third kappa shape index (κ3) is 3.25. The first-order valence-electron chi connectivity index (χ1n) is 7.45. The van der Waals surface area contributed by atoms with E-state index in [9.17, 15) is 13.2 Å². The molecule has 0 bridgehead atoms. The SMILES string of the molecule is CS(=O)(=O)Nc1ccn(C(=O)N2CCC3(CCCN3)CC2)n1. The van der Waals surface area contributed by atoms with Crippen LogP contribution in [0.25, 0.3) is 0 Å². The highest BCUT2D eigenvalue weighted by atomic mass is 32.2. The molecule has 2 aliphatic rings. The molecular weight excluding hydrogens is 306 g/mol. The summed E-state index contributed by atoms with van der Waals surface area (Å²) in [6.07, 6.45) is 6.82. The third-order valence-corrected chi connectivity index (χ3v) is 4.98. The zero-order valence-electron chi connectivity index (χ0n) is 12.6. The number of anilines is 1. The molecule has 2 fully saturated rings. The van der Waals surface area contributed by atoms with E-state index >= 15 is 0 Å². The normalized spacial score (nSPS) is 21.2. The first-order chi connectivity index (χ1) is 10.4. The Hall–Kier alpha value is -1.61. The average Bonchev–Trinajstić information content (AvgIpc) is 3.07. The molecular formula is C13H21N5O3S. The first-order valence-corrected chi connectivity index (χ1v) is 9.34. The zero-order chi connectivity index (χ0) is 15.8. The lowest BCUT2D eigenvalue weighted by Crippen LogP contribution is -2.52. The number of amides is 1. The van der Waals surface area contributed by atoms with Gasteiger partial charge >= 0.3 is 6.03 Å². The van der Waals surface area contributed by atoms with E-state index in [-0.39, 0.29) is 17.4 Å². The van der Waals surface area contributed by atoms with Gasteiger partial charge < -0.3 is 10.2 Å². The zero-order valence-corrected chi connectivity index (χ0v) is 13.4. The molecule has 8 nitrogen and oxygen atoms in total. The Morgan fingerprint density at radius 3 is 2.68 bits per heavy atom. The number of nitrogens with one attached hydrogen (secondary N) is 2. The predicted octanol–water partition coefficient (Wildman–Crippen LogP) is 0.441. The fourth-order valence-corrected chi connectivity index (χ4v) is 3.73. The van der Waals surface area contributed by atoms with Crippen molar-refractivity contribution in [1.29, 1.82) is 0 Å². The van der Waals surface area contributed by atoms with Crippen molar-refractivity contribution in [1.82, 2.24) is 20.0 Å². The number of likely N-dealkylation sites (tertiary alicyclic amines) is 1. The van der Waals surface area contributed by atoms with Gasteiger partial charge in [0.05, 0.1) is 6.26 Å². The Kier molecular flexibility index (Phi) is 3.85. The third-order valence-electron chi connectivity index (χ3n) is 4.40. The molecule has 0 aromatic carbocycles. The summed E-state index contributed by atoms with van der Waals surface area (Å²) in [6.45, 7) is 2.45. The Morgan fingerprint density at radius 2 is 2.09 bits per heavy atom. The summed E-state index contributed by atoms with van der Waals surface area (Å²) in [7, 11) is -3.39. The second kappa shape index (κ2) is 5.54. The maximum absolute atomic E-state index is 12.4. The van der Waals surface area contributed by atoms with Crippen LogP contribution in [-0.2, 0) is 10.0 Å². The van der Waals surface area contributed by atoms with E-state index in [1.165, 1.54) is 29.8 Å². The van der Waals surface area contributed by atoms with Crippen molar-refractivity contribution in [2.75, 3.05) is 30.6 Å². The summed E-state index contributed by atoms with van der Waals surface area (Å²) >= 11 is 0. The molecule has 122 valence electrons. The molecule has 0 saturated carbocycles. The molecule has 3 rings (SSSR count). The fraction of sp³-hybridized carbons (Fsp3) is 0.692. The fourth-order valence-electron chi connectivity index (χ4n) is 3.24. The number of piperidine rings is 1. The number of aromatic nitrogens is 2. The van der Waals surface area contributed by atoms with Gasteiger partial charge in [-0.2, -0.15) is 4.68 Å². The van der Waals surface area contributed by atoms with E-state index < -0.39 is 10.0 Å². The summed E-state index contributed by atoms with van der Waals surface area (Å²) in [5.41, 5.74) is 0.212. The molecule has 2 aliphatic heterocycles. The minimum Gasteiger partial charge on any atom is -0.323 e. The molecule has 0 unspecified atom stereocenters. The van der Waals surface area contributed by atoms with Crippen molar-refractivity contribution < 1.29 is 13.2 Å². The van der Waals surface area contributed by atoms with Crippen LogP contribution < -0.4 is 10.0 Å². The molecule has 0 radical (unpaired) electrons. The van der Waals surface area contributed by atoms with E-state index in [2.05, 4.69) is 15.1 Å². The molecule has 2 N–H and O–H groups in total. The molecule has 1 aromatic rings. The van der Waals surface area contributed by atoms with Crippen molar-refractivity contribution >= 4 is 21.9 Å². The Bertz CT molecular complexity index is 653. The van der Waals surface area contributed by atoms with Crippen molar-refractivity contribution in [3.05, 3.63) is 12.3 Å². The lowest BCUT2D eigenvalue weighted by Gasteiger charge is -2.39. The number of nitrogens with zero attached hydrogens (tertiary/aromatic N) is 3. The van der Waals surface area contributed by atoms with Crippen LogP contribution >= 0.6 is 0 Å². The summed E-state index contributed by atoms with van der Waals surface area (Å²) < 4.78 is 25.8. The van der Waals surface area contributed by atoms with Crippen LogP contribution in [0.1, 0.15) is 25.7 Å². The summed E-state index contributed by atoms with van der Waals surface area (Å²) in [4.78, 5) is 14.2. The number of carbonyl (C=O) groups excluding carboxylic acids is 1. The maximum Gasteiger partial charge on any atom is 0.344 e. The van der Waals surface area contributed by atoms with Gasteiger partial charge in [-0.05, 0) is 32.2 Å². The van der Waals surface area contributed by atoms with Gasteiger partial charge in [0.2, 0.25) is 10.0 Å². The van der Waals surface area contributed by atoms with Crippen LogP contribution in [-0.4, -0.2) is 60.6 Å². The van der Waals surface area contributed by atoms with Gasteiger partial charge in [0.15, 0.2) is 5.82 Å². The monoisotopic (exact) mass is 327 g/mol. The van der Waals surface area contributed by atoms with Crippen LogP contribution in [0, 0.1) is 0 Å². The van der Waals surface area contributed by atoms with Gasteiger partial charge in [-0.1, -0.05) is 0 Å². The molecule has 0 aliphatic carbocycles. The van der Waals surface area contributed by atoms with E-state index in [1.54, 1.807) is 4.90 Å². The van der Waals surface area contributed by atoms with Crippen molar-refractivity contribution in [2.24, 2.45) is 0 Å². The Balaban J connectivity index is 1.62. The van der Waals surface area contributed by atoms with Crippen LogP contribution in [0.2, 0.25) is 0 Å². The molecule has 3 heterocycles. The van der Waals surface area contributed by atoms with Gasteiger partial charge in [-0.15, -0.1) is 5.10 Å². The predicted molar refractivity (Wildman–Crippen MR) is 82.3 cm³/mol. The summed E-state index contributed by atoms with van der Waals surface area (Å²) in [5, 5.41) is 7.54.